The second-order valence-electron chi connectivity index (χ2n) is 7.20. The Kier molecular flexibility index (Phi) is 6.07. The smallest absolute Gasteiger partial charge is 0.251 e. The molecule has 5 nitrogen and oxygen atoms in total. The number of nitrogens with zero attached hydrogens (tertiary/aromatic N) is 2. The molecule has 5 heteroatoms. The summed E-state index contributed by atoms with van der Waals surface area (Å²) in [6.07, 6.45) is 10.5. The van der Waals surface area contributed by atoms with Crippen LogP contribution in [0.4, 0.5) is 11.5 Å². The maximum Gasteiger partial charge on any atom is 0.251 e. The van der Waals surface area contributed by atoms with Crippen molar-refractivity contribution in [2.45, 2.75) is 58.0 Å². The topological polar surface area (TPSA) is 54.5 Å². The normalized spacial score (nSPS) is 24.6. The molecule has 3 rings (SSSR count). The Morgan fingerprint density at radius 2 is 2.08 bits per heavy atom. The van der Waals surface area contributed by atoms with E-state index >= 15 is 0 Å². The first-order valence-corrected chi connectivity index (χ1v) is 9.33. The van der Waals surface area contributed by atoms with Crippen molar-refractivity contribution in [3.8, 4) is 0 Å². The first kappa shape index (κ1) is 17.2. The number of hydrogen-bond acceptors (Lipinski definition) is 4. The Labute approximate surface area is 144 Å². The number of amides is 1. The van der Waals surface area contributed by atoms with Gasteiger partial charge in [-0.15, -0.1) is 0 Å². The molecule has 1 N–H and O–H groups in total. The monoisotopic (exact) mass is 331 g/mol. The molecule has 0 bridgehead atoms. The summed E-state index contributed by atoms with van der Waals surface area (Å²) in [7, 11) is 0. The summed E-state index contributed by atoms with van der Waals surface area (Å²) in [5.41, 5.74) is 1.14. The lowest BCUT2D eigenvalue weighted by Gasteiger charge is -2.28. The second kappa shape index (κ2) is 8.47. The highest BCUT2D eigenvalue weighted by molar-refractivity contribution is 5.90. The summed E-state index contributed by atoms with van der Waals surface area (Å²) in [5.74, 6) is 1.18. The number of pyridine rings is 1. The minimum Gasteiger partial charge on any atom is -0.370 e. The molecule has 2 heterocycles. The Morgan fingerprint density at radius 1 is 1.25 bits per heavy atom. The van der Waals surface area contributed by atoms with Gasteiger partial charge in [0.15, 0.2) is 0 Å². The Morgan fingerprint density at radius 3 is 2.79 bits per heavy atom. The largest absolute Gasteiger partial charge is 0.370 e. The van der Waals surface area contributed by atoms with Crippen LogP contribution in [0.3, 0.4) is 0 Å². The van der Waals surface area contributed by atoms with Crippen LogP contribution in [0.1, 0.15) is 51.9 Å². The number of rotatable bonds is 5. The fourth-order valence-corrected chi connectivity index (χ4v) is 3.70. The fraction of sp³-hybridized carbons (Fsp3) is 0.684. The van der Waals surface area contributed by atoms with Gasteiger partial charge in [-0.25, -0.2) is 4.98 Å². The second-order valence-corrected chi connectivity index (χ2v) is 7.20. The average Bonchev–Trinajstić information content (AvgIpc) is 2.61. The zero-order valence-corrected chi connectivity index (χ0v) is 14.7. The average molecular weight is 331 g/mol. The van der Waals surface area contributed by atoms with E-state index in [-0.39, 0.29) is 18.6 Å². The molecule has 0 aromatic carbocycles. The molecule has 132 valence electrons. The van der Waals surface area contributed by atoms with Crippen LogP contribution in [-0.2, 0) is 9.53 Å². The highest BCUT2D eigenvalue weighted by Gasteiger charge is 2.20. The van der Waals surface area contributed by atoms with Crippen molar-refractivity contribution in [1.29, 1.82) is 0 Å². The van der Waals surface area contributed by atoms with Crippen LogP contribution in [0.2, 0.25) is 0 Å². The molecule has 1 aromatic heterocycles. The highest BCUT2D eigenvalue weighted by Crippen LogP contribution is 2.25. The lowest BCUT2D eigenvalue weighted by Crippen LogP contribution is -2.29. The third kappa shape index (κ3) is 4.94. The summed E-state index contributed by atoms with van der Waals surface area (Å²) in [6.45, 7) is 4.57. The SMILES string of the molecule is C[C@@H]1CCC[C@@H](OCC(=O)Nc2ccc(N3CCCCC3)cn2)C1. The van der Waals surface area contributed by atoms with Crippen molar-refractivity contribution < 1.29 is 9.53 Å². The van der Waals surface area contributed by atoms with Crippen LogP contribution in [0, 0.1) is 5.92 Å². The van der Waals surface area contributed by atoms with Gasteiger partial charge >= 0.3 is 0 Å². The zero-order valence-electron chi connectivity index (χ0n) is 14.7. The lowest BCUT2D eigenvalue weighted by atomic mass is 9.89. The molecule has 2 atom stereocenters. The van der Waals surface area contributed by atoms with E-state index in [2.05, 4.69) is 22.1 Å². The van der Waals surface area contributed by atoms with Crippen molar-refractivity contribution in [1.82, 2.24) is 4.98 Å². The molecule has 1 aromatic rings. The van der Waals surface area contributed by atoms with E-state index < -0.39 is 0 Å². The van der Waals surface area contributed by atoms with E-state index in [0.29, 0.717) is 11.7 Å². The molecule has 0 radical (unpaired) electrons. The quantitative estimate of drug-likeness (QED) is 0.895. The third-order valence-electron chi connectivity index (χ3n) is 5.07. The first-order chi connectivity index (χ1) is 11.7. The number of ether oxygens (including phenoxy) is 1. The minimum atomic E-state index is -0.119. The van der Waals surface area contributed by atoms with Crippen molar-refractivity contribution in [3.63, 3.8) is 0 Å². The van der Waals surface area contributed by atoms with Crippen LogP contribution < -0.4 is 10.2 Å². The van der Waals surface area contributed by atoms with E-state index in [1.165, 1.54) is 32.1 Å². The van der Waals surface area contributed by atoms with Crippen LogP contribution in [-0.4, -0.2) is 36.7 Å². The number of carbonyl (C=O) groups is 1. The van der Waals surface area contributed by atoms with E-state index in [0.717, 1.165) is 31.6 Å². The van der Waals surface area contributed by atoms with E-state index in [1.54, 1.807) is 0 Å². The number of piperidine rings is 1. The minimum absolute atomic E-state index is 0.118. The molecule has 1 saturated carbocycles. The summed E-state index contributed by atoms with van der Waals surface area (Å²) in [6, 6.07) is 3.92. The predicted molar refractivity (Wildman–Crippen MR) is 96.3 cm³/mol. The van der Waals surface area contributed by atoms with Gasteiger partial charge in [-0.05, 0) is 50.2 Å². The van der Waals surface area contributed by atoms with Gasteiger partial charge in [0.05, 0.1) is 18.0 Å². The Hall–Kier alpha value is -1.62. The molecule has 1 aliphatic carbocycles. The van der Waals surface area contributed by atoms with Gasteiger partial charge < -0.3 is 15.0 Å². The first-order valence-electron chi connectivity index (χ1n) is 9.33. The van der Waals surface area contributed by atoms with Crippen molar-refractivity contribution in [2.75, 3.05) is 29.9 Å². The Balaban J connectivity index is 1.44. The summed E-state index contributed by atoms with van der Waals surface area (Å²) >= 11 is 0. The number of hydrogen-bond donors (Lipinski definition) is 1. The van der Waals surface area contributed by atoms with Gasteiger partial charge in [0, 0.05) is 13.1 Å². The van der Waals surface area contributed by atoms with Crippen molar-refractivity contribution in [2.24, 2.45) is 5.92 Å². The standard InChI is InChI=1S/C19H29N3O2/c1-15-6-5-7-17(12-15)24-14-19(23)21-18-9-8-16(13-20-18)22-10-3-2-4-11-22/h8-9,13,15,17H,2-7,10-12,14H2,1H3,(H,20,21,23)/t15-,17-/m1/s1. The number of nitrogens with one attached hydrogen (secondary N) is 1. The fourth-order valence-electron chi connectivity index (χ4n) is 3.70. The molecule has 0 unspecified atom stereocenters. The van der Waals surface area contributed by atoms with Crippen LogP contribution in [0.5, 0.6) is 0 Å². The van der Waals surface area contributed by atoms with Gasteiger partial charge in [-0.1, -0.05) is 19.8 Å². The molecular formula is C19H29N3O2. The molecule has 0 spiro atoms. The number of aromatic nitrogens is 1. The number of carbonyl (C=O) groups excluding carboxylic acids is 1. The van der Waals surface area contributed by atoms with Crippen molar-refractivity contribution >= 4 is 17.4 Å². The highest BCUT2D eigenvalue weighted by atomic mass is 16.5. The predicted octanol–water partition coefficient (Wildman–Crippen LogP) is 3.61. The maximum absolute atomic E-state index is 12.0. The summed E-state index contributed by atoms with van der Waals surface area (Å²) < 4.78 is 5.76. The van der Waals surface area contributed by atoms with E-state index in [4.69, 9.17) is 4.74 Å². The molecule has 1 aliphatic heterocycles. The summed E-state index contributed by atoms with van der Waals surface area (Å²) in [4.78, 5) is 18.8. The molecule has 24 heavy (non-hydrogen) atoms. The number of anilines is 2. The zero-order chi connectivity index (χ0) is 16.8. The Bertz CT molecular complexity index is 526. The van der Waals surface area contributed by atoms with E-state index in [1.807, 2.05) is 18.3 Å². The van der Waals surface area contributed by atoms with Gasteiger partial charge in [0.2, 0.25) is 0 Å². The van der Waals surface area contributed by atoms with Gasteiger partial charge in [-0.2, -0.15) is 0 Å². The van der Waals surface area contributed by atoms with Gasteiger partial charge in [0.25, 0.3) is 5.91 Å². The van der Waals surface area contributed by atoms with Crippen LogP contribution >= 0.6 is 0 Å². The molecule has 2 fully saturated rings. The van der Waals surface area contributed by atoms with E-state index in [9.17, 15) is 4.79 Å². The lowest BCUT2D eigenvalue weighted by molar-refractivity contribution is -0.123. The summed E-state index contributed by atoms with van der Waals surface area (Å²) in [5, 5.41) is 2.83. The van der Waals surface area contributed by atoms with Crippen LogP contribution in [0.15, 0.2) is 18.3 Å². The molecule has 1 saturated heterocycles. The molecule has 1 amide bonds. The van der Waals surface area contributed by atoms with Crippen molar-refractivity contribution in [3.05, 3.63) is 18.3 Å². The maximum atomic E-state index is 12.0. The van der Waals surface area contributed by atoms with Crippen LogP contribution in [0.25, 0.3) is 0 Å². The van der Waals surface area contributed by atoms with Gasteiger partial charge in [0.1, 0.15) is 12.4 Å². The van der Waals surface area contributed by atoms with Gasteiger partial charge in [-0.3, -0.25) is 4.79 Å². The molecular weight excluding hydrogens is 302 g/mol. The molecule has 2 aliphatic rings. The third-order valence-corrected chi connectivity index (χ3v) is 5.07.